The third-order valence-corrected chi connectivity index (χ3v) is 2.82. The fraction of sp³-hybridized carbons (Fsp3) is 0.100. The SMILES string of the molecule is Cc1cc(O)c(Br)cc1-c1cnoc1N. The van der Waals surface area contributed by atoms with E-state index >= 15 is 0 Å². The Hall–Kier alpha value is -1.49. The van der Waals surface area contributed by atoms with Crippen molar-refractivity contribution in [2.24, 2.45) is 0 Å². The van der Waals surface area contributed by atoms with Crippen LogP contribution in [0.5, 0.6) is 5.75 Å². The zero-order valence-electron chi connectivity index (χ0n) is 7.99. The van der Waals surface area contributed by atoms with Crippen LogP contribution in [0.15, 0.2) is 27.3 Å². The van der Waals surface area contributed by atoms with E-state index in [1.165, 1.54) is 0 Å². The molecule has 0 fully saturated rings. The molecule has 4 nitrogen and oxygen atoms in total. The van der Waals surface area contributed by atoms with Crippen molar-refractivity contribution >= 4 is 21.8 Å². The Bertz CT molecular complexity index is 508. The van der Waals surface area contributed by atoms with Gasteiger partial charge in [-0.1, -0.05) is 5.16 Å². The van der Waals surface area contributed by atoms with E-state index in [1.54, 1.807) is 18.3 Å². The summed E-state index contributed by atoms with van der Waals surface area (Å²) >= 11 is 3.25. The van der Waals surface area contributed by atoms with Crippen molar-refractivity contribution in [3.05, 3.63) is 28.4 Å². The molecule has 0 aliphatic heterocycles. The van der Waals surface area contributed by atoms with Gasteiger partial charge in [-0.15, -0.1) is 0 Å². The summed E-state index contributed by atoms with van der Waals surface area (Å²) in [6, 6.07) is 3.44. The Morgan fingerprint density at radius 1 is 1.40 bits per heavy atom. The van der Waals surface area contributed by atoms with E-state index in [-0.39, 0.29) is 11.6 Å². The van der Waals surface area contributed by atoms with E-state index < -0.39 is 0 Å². The number of halogens is 1. The molecular formula is C10H9BrN2O2. The molecule has 1 aromatic carbocycles. The highest BCUT2D eigenvalue weighted by Crippen LogP contribution is 2.35. The van der Waals surface area contributed by atoms with Crippen LogP contribution < -0.4 is 5.73 Å². The number of rotatable bonds is 1. The predicted octanol–water partition coefficient (Wildman–Crippen LogP) is 2.70. The van der Waals surface area contributed by atoms with Crippen LogP contribution in [-0.2, 0) is 0 Å². The first kappa shape index (κ1) is 10.0. The minimum Gasteiger partial charge on any atom is -0.507 e. The van der Waals surface area contributed by atoms with E-state index in [1.807, 2.05) is 6.92 Å². The van der Waals surface area contributed by atoms with Crippen molar-refractivity contribution < 1.29 is 9.63 Å². The van der Waals surface area contributed by atoms with Crippen LogP contribution in [0.25, 0.3) is 11.1 Å². The lowest BCUT2D eigenvalue weighted by Gasteiger charge is -2.06. The maximum Gasteiger partial charge on any atom is 0.229 e. The first-order chi connectivity index (χ1) is 7.09. The fourth-order valence-electron chi connectivity index (χ4n) is 1.41. The zero-order chi connectivity index (χ0) is 11.0. The Labute approximate surface area is 94.8 Å². The van der Waals surface area contributed by atoms with Crippen LogP contribution in [0, 0.1) is 6.92 Å². The number of benzene rings is 1. The standard InChI is InChI=1S/C10H9BrN2O2/c1-5-2-9(14)8(11)3-6(5)7-4-13-15-10(7)12/h2-4,14H,12H2,1H3. The molecule has 0 saturated heterocycles. The van der Waals surface area contributed by atoms with Gasteiger partial charge in [0, 0.05) is 0 Å². The summed E-state index contributed by atoms with van der Waals surface area (Å²) < 4.78 is 5.41. The lowest BCUT2D eigenvalue weighted by atomic mass is 10.0. The van der Waals surface area contributed by atoms with Gasteiger partial charge in [0.25, 0.3) is 0 Å². The van der Waals surface area contributed by atoms with Crippen LogP contribution in [0.3, 0.4) is 0 Å². The van der Waals surface area contributed by atoms with Crippen molar-refractivity contribution in [2.45, 2.75) is 6.92 Å². The van der Waals surface area contributed by atoms with E-state index in [9.17, 15) is 5.11 Å². The molecule has 1 aromatic heterocycles. The molecule has 0 unspecified atom stereocenters. The van der Waals surface area contributed by atoms with Crippen molar-refractivity contribution in [3.63, 3.8) is 0 Å². The molecule has 15 heavy (non-hydrogen) atoms. The minimum atomic E-state index is 0.200. The summed E-state index contributed by atoms with van der Waals surface area (Å²) in [4.78, 5) is 0. The first-order valence-electron chi connectivity index (χ1n) is 4.29. The largest absolute Gasteiger partial charge is 0.507 e. The molecule has 0 amide bonds. The van der Waals surface area contributed by atoms with Crippen molar-refractivity contribution in [1.82, 2.24) is 5.16 Å². The Balaban J connectivity index is 2.64. The average Bonchev–Trinajstić information content (AvgIpc) is 2.58. The molecule has 0 bridgehead atoms. The van der Waals surface area contributed by atoms with E-state index in [4.69, 9.17) is 10.3 Å². The summed E-state index contributed by atoms with van der Waals surface area (Å²) in [6.07, 6.45) is 1.56. The van der Waals surface area contributed by atoms with Crippen LogP contribution in [0.1, 0.15) is 5.56 Å². The highest BCUT2D eigenvalue weighted by Gasteiger charge is 2.12. The van der Waals surface area contributed by atoms with Gasteiger partial charge in [-0.25, -0.2) is 0 Å². The van der Waals surface area contributed by atoms with Gasteiger partial charge in [0.1, 0.15) is 5.75 Å². The monoisotopic (exact) mass is 268 g/mol. The van der Waals surface area contributed by atoms with Crippen molar-refractivity contribution in [3.8, 4) is 16.9 Å². The number of aromatic hydroxyl groups is 1. The topological polar surface area (TPSA) is 72.3 Å². The minimum absolute atomic E-state index is 0.200. The second kappa shape index (κ2) is 3.58. The van der Waals surface area contributed by atoms with Gasteiger partial charge in [-0.3, -0.25) is 0 Å². The number of hydrogen-bond acceptors (Lipinski definition) is 4. The number of aryl methyl sites for hydroxylation is 1. The molecule has 0 atom stereocenters. The molecule has 1 heterocycles. The summed E-state index contributed by atoms with van der Waals surface area (Å²) in [5.74, 6) is 0.474. The number of nitrogen functional groups attached to an aromatic ring is 1. The van der Waals surface area contributed by atoms with Gasteiger partial charge in [0.15, 0.2) is 0 Å². The van der Waals surface area contributed by atoms with Gasteiger partial charge >= 0.3 is 0 Å². The summed E-state index contributed by atoms with van der Waals surface area (Å²) in [5.41, 5.74) is 8.15. The molecule has 0 spiro atoms. The molecule has 3 N–H and O–H groups in total. The van der Waals surface area contributed by atoms with E-state index in [2.05, 4.69) is 21.1 Å². The highest BCUT2D eigenvalue weighted by atomic mass is 79.9. The maximum atomic E-state index is 9.47. The predicted molar refractivity (Wildman–Crippen MR) is 60.5 cm³/mol. The van der Waals surface area contributed by atoms with Gasteiger partial charge in [-0.2, -0.15) is 0 Å². The second-order valence-electron chi connectivity index (χ2n) is 3.22. The maximum absolute atomic E-state index is 9.47. The third kappa shape index (κ3) is 1.70. The normalized spacial score (nSPS) is 10.5. The number of phenolic OH excluding ortho intramolecular Hbond substituents is 1. The van der Waals surface area contributed by atoms with Crippen LogP contribution >= 0.6 is 15.9 Å². The van der Waals surface area contributed by atoms with Gasteiger partial charge in [0.2, 0.25) is 5.88 Å². The quantitative estimate of drug-likeness (QED) is 0.834. The number of nitrogens with two attached hydrogens (primary N) is 1. The van der Waals surface area contributed by atoms with Crippen molar-refractivity contribution in [2.75, 3.05) is 5.73 Å². The van der Waals surface area contributed by atoms with E-state index in [0.29, 0.717) is 4.47 Å². The number of hydrogen-bond donors (Lipinski definition) is 2. The molecule has 0 aliphatic rings. The molecule has 78 valence electrons. The molecule has 0 saturated carbocycles. The van der Waals surface area contributed by atoms with E-state index in [0.717, 1.165) is 16.7 Å². The summed E-state index contributed by atoms with van der Waals surface area (Å²) in [6.45, 7) is 1.88. The lowest BCUT2D eigenvalue weighted by molar-refractivity contribution is 0.436. The van der Waals surface area contributed by atoms with Crippen LogP contribution in [-0.4, -0.2) is 10.3 Å². The highest BCUT2D eigenvalue weighted by molar-refractivity contribution is 9.10. The molecule has 2 aromatic rings. The molecular weight excluding hydrogens is 260 g/mol. The number of phenols is 1. The van der Waals surface area contributed by atoms with Crippen molar-refractivity contribution in [1.29, 1.82) is 0 Å². The molecule has 5 heteroatoms. The number of anilines is 1. The smallest absolute Gasteiger partial charge is 0.229 e. The first-order valence-corrected chi connectivity index (χ1v) is 5.08. The average molecular weight is 269 g/mol. The van der Waals surface area contributed by atoms with Gasteiger partial charge in [-0.05, 0) is 46.1 Å². The van der Waals surface area contributed by atoms with Crippen LogP contribution in [0.4, 0.5) is 5.88 Å². The second-order valence-corrected chi connectivity index (χ2v) is 4.08. The van der Waals surface area contributed by atoms with Gasteiger partial charge in [0.05, 0.1) is 16.2 Å². The third-order valence-electron chi connectivity index (χ3n) is 2.18. The van der Waals surface area contributed by atoms with Gasteiger partial charge < -0.3 is 15.4 Å². The number of nitrogens with zero attached hydrogens (tertiary/aromatic N) is 1. The summed E-state index contributed by atoms with van der Waals surface area (Å²) in [5, 5.41) is 13.1. The number of aromatic nitrogens is 1. The molecule has 0 aliphatic carbocycles. The molecule has 0 radical (unpaired) electrons. The Kier molecular flexibility index (Phi) is 2.40. The van der Waals surface area contributed by atoms with Crippen LogP contribution in [0.2, 0.25) is 0 Å². The molecule has 2 rings (SSSR count). The summed E-state index contributed by atoms with van der Waals surface area (Å²) in [7, 11) is 0. The zero-order valence-corrected chi connectivity index (χ0v) is 9.58. The lowest BCUT2D eigenvalue weighted by Crippen LogP contribution is -1.88. The Morgan fingerprint density at radius 3 is 2.73 bits per heavy atom. The fourth-order valence-corrected chi connectivity index (χ4v) is 1.75. The Morgan fingerprint density at radius 2 is 2.13 bits per heavy atom.